The minimum absolute atomic E-state index is 0.248. The second-order valence-electron chi connectivity index (χ2n) is 6.19. The van der Waals surface area contributed by atoms with Gasteiger partial charge in [0.05, 0.1) is 38.6 Å². The molecule has 0 amide bonds. The van der Waals surface area contributed by atoms with Gasteiger partial charge in [0.25, 0.3) is 0 Å². The zero-order valence-corrected chi connectivity index (χ0v) is 16.0. The van der Waals surface area contributed by atoms with E-state index in [0.717, 1.165) is 4.68 Å². The third-order valence-electron chi connectivity index (χ3n) is 4.57. The van der Waals surface area contributed by atoms with Gasteiger partial charge in [-0.15, -0.1) is 4.68 Å². The summed E-state index contributed by atoms with van der Waals surface area (Å²) in [6.07, 6.45) is 1.40. The van der Waals surface area contributed by atoms with Gasteiger partial charge in [0, 0.05) is 11.5 Å². The lowest BCUT2D eigenvalue weighted by Crippen LogP contribution is -2.32. The van der Waals surface area contributed by atoms with E-state index in [4.69, 9.17) is 14.2 Å². The molecule has 4 rings (SSSR count). The summed E-state index contributed by atoms with van der Waals surface area (Å²) < 4.78 is 16.4. The van der Waals surface area contributed by atoms with Gasteiger partial charge >= 0.3 is 11.2 Å². The van der Waals surface area contributed by atoms with Crippen molar-refractivity contribution in [3.8, 4) is 17.2 Å². The third-order valence-corrected chi connectivity index (χ3v) is 4.57. The topological polar surface area (TPSA) is 111 Å². The Morgan fingerprint density at radius 3 is 2.41 bits per heavy atom. The molecule has 0 bridgehead atoms. The van der Waals surface area contributed by atoms with Crippen molar-refractivity contribution < 1.29 is 14.2 Å². The fraction of sp³-hybridized carbons (Fsp3) is 0.150. The minimum atomic E-state index is -0.643. The van der Waals surface area contributed by atoms with E-state index in [1.54, 1.807) is 43.5 Å². The van der Waals surface area contributed by atoms with Crippen molar-refractivity contribution >= 4 is 28.2 Å². The zero-order valence-electron chi connectivity index (χ0n) is 16.0. The Labute approximate surface area is 164 Å². The molecular weight excluding hydrogens is 376 g/mol. The van der Waals surface area contributed by atoms with Gasteiger partial charge in [-0.1, -0.05) is 0 Å². The van der Waals surface area contributed by atoms with Crippen LogP contribution in [0, 0.1) is 0 Å². The summed E-state index contributed by atoms with van der Waals surface area (Å²) in [5, 5.41) is 4.77. The molecule has 0 atom stereocenters. The first-order valence-corrected chi connectivity index (χ1v) is 8.67. The van der Waals surface area contributed by atoms with Gasteiger partial charge in [-0.25, -0.2) is 4.79 Å². The first-order valence-electron chi connectivity index (χ1n) is 8.67. The van der Waals surface area contributed by atoms with Crippen molar-refractivity contribution in [2.24, 2.45) is 5.10 Å². The quantitative estimate of drug-likeness (QED) is 0.504. The molecule has 0 unspecified atom stereocenters. The van der Waals surface area contributed by atoms with Gasteiger partial charge in [0.2, 0.25) is 0 Å². The van der Waals surface area contributed by atoms with E-state index in [1.165, 1.54) is 20.4 Å². The number of hydrogen-bond acceptors (Lipinski definition) is 6. The minimum Gasteiger partial charge on any atom is -0.497 e. The van der Waals surface area contributed by atoms with E-state index in [9.17, 15) is 9.59 Å². The van der Waals surface area contributed by atoms with Crippen LogP contribution >= 0.6 is 0 Å². The molecule has 4 aromatic rings. The molecule has 2 heterocycles. The lowest BCUT2D eigenvalue weighted by atomic mass is 10.2. The second kappa shape index (κ2) is 7.19. The highest BCUT2D eigenvalue weighted by molar-refractivity contribution is 6.04. The first kappa shape index (κ1) is 18.4. The Balaban J connectivity index is 1.82. The van der Waals surface area contributed by atoms with Crippen LogP contribution in [0.3, 0.4) is 0 Å². The van der Waals surface area contributed by atoms with E-state index in [2.05, 4.69) is 15.1 Å². The van der Waals surface area contributed by atoms with Crippen LogP contribution in [-0.2, 0) is 0 Å². The van der Waals surface area contributed by atoms with Crippen LogP contribution in [0.5, 0.6) is 17.2 Å². The van der Waals surface area contributed by atoms with Gasteiger partial charge in [-0.3, -0.25) is 4.79 Å². The molecule has 0 aliphatic rings. The van der Waals surface area contributed by atoms with Crippen molar-refractivity contribution in [3.05, 3.63) is 62.8 Å². The van der Waals surface area contributed by atoms with Crippen LogP contribution in [0.1, 0.15) is 5.56 Å². The number of fused-ring (bicyclic) bond motifs is 3. The molecule has 0 spiro atoms. The summed E-state index contributed by atoms with van der Waals surface area (Å²) in [6.45, 7) is 0. The number of hydrogen-bond donors (Lipinski definition) is 2. The van der Waals surface area contributed by atoms with Crippen LogP contribution in [0.4, 0.5) is 0 Å². The Bertz CT molecular complexity index is 1360. The molecule has 0 fully saturated rings. The summed E-state index contributed by atoms with van der Waals surface area (Å²) in [5.74, 6) is 1.71. The number of nitrogens with zero attached hydrogens (tertiary/aromatic N) is 2. The molecule has 0 aliphatic carbocycles. The lowest BCUT2D eigenvalue weighted by molar-refractivity contribution is 0.355. The second-order valence-corrected chi connectivity index (χ2v) is 6.19. The van der Waals surface area contributed by atoms with Crippen molar-refractivity contribution in [2.45, 2.75) is 0 Å². The molecule has 29 heavy (non-hydrogen) atoms. The molecule has 9 nitrogen and oxygen atoms in total. The van der Waals surface area contributed by atoms with Crippen molar-refractivity contribution in [3.63, 3.8) is 0 Å². The molecule has 0 saturated carbocycles. The molecule has 148 valence electrons. The normalized spacial score (nSPS) is 11.4. The maximum Gasteiger partial charge on any atom is 0.350 e. The molecule has 2 aromatic heterocycles. The molecule has 9 heteroatoms. The highest BCUT2D eigenvalue weighted by atomic mass is 16.5. The van der Waals surface area contributed by atoms with Gasteiger partial charge < -0.3 is 24.2 Å². The van der Waals surface area contributed by atoms with Crippen LogP contribution in [0.15, 0.2) is 51.1 Å². The first-order chi connectivity index (χ1) is 14.0. The summed E-state index contributed by atoms with van der Waals surface area (Å²) in [6, 6.07) is 10.4. The molecule has 0 saturated heterocycles. The van der Waals surface area contributed by atoms with Gasteiger partial charge in [0.15, 0.2) is 11.5 Å². The predicted octanol–water partition coefficient (Wildman–Crippen LogP) is 2.08. The standard InChI is InChI=1S/C20H18N4O5/c1-27-12-5-6-13-14(9-12)22-18-17(13)23-20(26)24(19(18)25)21-10-11-4-7-15(28-2)16(8-11)29-3/h4-10,22H,1-3H3,(H,23,26)/b21-10-. The van der Waals surface area contributed by atoms with E-state index in [-0.39, 0.29) is 5.52 Å². The Morgan fingerprint density at radius 1 is 0.897 bits per heavy atom. The summed E-state index contributed by atoms with van der Waals surface area (Å²) in [5.41, 5.74) is 0.781. The average molecular weight is 394 g/mol. The van der Waals surface area contributed by atoms with E-state index in [1.807, 2.05) is 0 Å². The average Bonchev–Trinajstić information content (AvgIpc) is 3.11. The number of benzene rings is 2. The van der Waals surface area contributed by atoms with E-state index < -0.39 is 11.2 Å². The smallest absolute Gasteiger partial charge is 0.350 e. The number of methoxy groups -OCH3 is 3. The number of nitrogens with one attached hydrogen (secondary N) is 2. The summed E-state index contributed by atoms with van der Waals surface area (Å²) in [7, 11) is 4.62. The summed E-state index contributed by atoms with van der Waals surface area (Å²) in [4.78, 5) is 31.1. The fourth-order valence-corrected chi connectivity index (χ4v) is 3.11. The predicted molar refractivity (Wildman–Crippen MR) is 110 cm³/mol. The Kier molecular flexibility index (Phi) is 4.55. The van der Waals surface area contributed by atoms with Gasteiger partial charge in [-0.2, -0.15) is 5.10 Å². The van der Waals surface area contributed by atoms with Crippen molar-refractivity contribution in [2.75, 3.05) is 21.3 Å². The Hall–Kier alpha value is -4.01. The number of ether oxygens (including phenoxy) is 3. The molecular formula is C20H18N4O5. The van der Waals surface area contributed by atoms with Crippen LogP contribution in [0.25, 0.3) is 21.9 Å². The highest BCUT2D eigenvalue weighted by Crippen LogP contribution is 2.27. The SMILES string of the molecule is COc1ccc2c(c1)[nH]c1c(=O)n(/N=C\c3ccc(OC)c(OC)c3)c(=O)[nH]c12. The highest BCUT2D eigenvalue weighted by Gasteiger charge is 2.13. The van der Waals surface area contributed by atoms with Crippen LogP contribution in [0.2, 0.25) is 0 Å². The third kappa shape index (κ3) is 3.12. The number of rotatable bonds is 5. The summed E-state index contributed by atoms with van der Waals surface area (Å²) >= 11 is 0. The fourth-order valence-electron chi connectivity index (χ4n) is 3.11. The van der Waals surface area contributed by atoms with Crippen molar-refractivity contribution in [1.29, 1.82) is 0 Å². The zero-order chi connectivity index (χ0) is 20.5. The molecule has 0 aliphatic heterocycles. The van der Waals surface area contributed by atoms with Crippen LogP contribution < -0.4 is 25.5 Å². The molecule has 2 N–H and O–H groups in total. The largest absolute Gasteiger partial charge is 0.497 e. The van der Waals surface area contributed by atoms with E-state index in [0.29, 0.717) is 39.2 Å². The van der Waals surface area contributed by atoms with Crippen molar-refractivity contribution in [1.82, 2.24) is 14.6 Å². The monoisotopic (exact) mass is 394 g/mol. The van der Waals surface area contributed by atoms with Gasteiger partial charge in [-0.05, 0) is 35.9 Å². The molecule has 2 aromatic carbocycles. The number of H-pyrrole nitrogens is 2. The van der Waals surface area contributed by atoms with Gasteiger partial charge in [0.1, 0.15) is 11.3 Å². The van der Waals surface area contributed by atoms with Crippen LogP contribution in [-0.4, -0.2) is 42.2 Å². The number of aromatic nitrogens is 3. The lowest BCUT2D eigenvalue weighted by Gasteiger charge is -2.07. The Morgan fingerprint density at radius 2 is 1.69 bits per heavy atom. The molecule has 0 radical (unpaired) electrons. The van der Waals surface area contributed by atoms with E-state index >= 15 is 0 Å². The maximum absolute atomic E-state index is 12.8. The maximum atomic E-state index is 12.8. The number of aromatic amines is 2.